The van der Waals surface area contributed by atoms with E-state index in [4.69, 9.17) is 9.84 Å². The predicted molar refractivity (Wildman–Crippen MR) is 59.9 cm³/mol. The number of aliphatic imine (C=N–C) groups is 1. The van der Waals surface area contributed by atoms with E-state index in [-0.39, 0.29) is 5.76 Å². The van der Waals surface area contributed by atoms with E-state index < -0.39 is 5.91 Å². The molecular weight excluding hydrogens is 206 g/mol. The van der Waals surface area contributed by atoms with Gasteiger partial charge in [-0.05, 0) is 18.2 Å². The fourth-order valence-corrected chi connectivity index (χ4v) is 1.49. The zero-order valence-electron chi connectivity index (χ0n) is 8.80. The van der Waals surface area contributed by atoms with Crippen molar-refractivity contribution >= 4 is 11.6 Å². The van der Waals surface area contributed by atoms with Gasteiger partial charge in [0.1, 0.15) is 5.75 Å². The largest absolute Gasteiger partial charge is 0.503 e. The van der Waals surface area contributed by atoms with E-state index in [0.29, 0.717) is 17.9 Å². The monoisotopic (exact) mass is 217 g/mol. The molecular formula is C12H11NO3. The maximum atomic E-state index is 11.2. The van der Waals surface area contributed by atoms with Crippen LogP contribution < -0.4 is 4.74 Å². The first-order valence-corrected chi connectivity index (χ1v) is 4.86. The molecule has 0 bridgehead atoms. The topological polar surface area (TPSA) is 58.9 Å². The van der Waals surface area contributed by atoms with E-state index in [2.05, 4.69) is 4.99 Å². The first-order valence-electron chi connectivity index (χ1n) is 4.86. The number of carbonyl (C=O) groups is 1. The lowest BCUT2D eigenvalue weighted by Gasteiger charge is -2.09. The molecule has 0 spiro atoms. The smallest absolute Gasteiger partial charge is 0.311 e. The van der Waals surface area contributed by atoms with Gasteiger partial charge in [-0.3, -0.25) is 4.79 Å². The van der Waals surface area contributed by atoms with Crippen molar-refractivity contribution in [3.8, 4) is 5.75 Å². The zero-order chi connectivity index (χ0) is 11.5. The lowest BCUT2D eigenvalue weighted by Crippen LogP contribution is -2.12. The third-order valence-electron chi connectivity index (χ3n) is 2.35. The molecule has 1 aromatic carbocycles. The van der Waals surface area contributed by atoms with Gasteiger partial charge >= 0.3 is 5.91 Å². The number of dihydropyridines is 1. The van der Waals surface area contributed by atoms with Crippen molar-refractivity contribution < 1.29 is 14.6 Å². The lowest BCUT2D eigenvalue weighted by atomic mass is 10.0. The Morgan fingerprint density at radius 2 is 2.25 bits per heavy atom. The number of ether oxygens (including phenoxy) is 1. The average molecular weight is 217 g/mol. The summed E-state index contributed by atoms with van der Waals surface area (Å²) in [5, 5.41) is 9.12. The van der Waals surface area contributed by atoms with Crippen molar-refractivity contribution in [3.05, 3.63) is 41.7 Å². The maximum Gasteiger partial charge on any atom is 0.311 e. The molecule has 4 nitrogen and oxygen atoms in total. The van der Waals surface area contributed by atoms with Crippen LogP contribution in [0, 0.1) is 0 Å². The second-order valence-corrected chi connectivity index (χ2v) is 3.39. The number of allylic oxidation sites excluding steroid dienone is 1. The van der Waals surface area contributed by atoms with Gasteiger partial charge in [0, 0.05) is 12.0 Å². The number of aliphatic hydroxyl groups excluding tert-OH is 1. The van der Waals surface area contributed by atoms with Crippen molar-refractivity contribution in [2.75, 3.05) is 7.11 Å². The molecule has 2 rings (SSSR count). The third-order valence-corrected chi connectivity index (χ3v) is 2.35. The van der Waals surface area contributed by atoms with Crippen LogP contribution in [0.15, 0.2) is 41.1 Å². The zero-order valence-corrected chi connectivity index (χ0v) is 8.80. The van der Waals surface area contributed by atoms with Gasteiger partial charge in [-0.2, -0.15) is 0 Å². The quantitative estimate of drug-likeness (QED) is 0.822. The Kier molecular flexibility index (Phi) is 2.72. The van der Waals surface area contributed by atoms with Crippen LogP contribution in [0.4, 0.5) is 0 Å². The molecule has 0 saturated heterocycles. The second-order valence-electron chi connectivity index (χ2n) is 3.39. The summed E-state index contributed by atoms with van der Waals surface area (Å²) in [7, 11) is 1.58. The highest BCUT2D eigenvalue weighted by atomic mass is 16.5. The van der Waals surface area contributed by atoms with Crippen LogP contribution in [-0.4, -0.2) is 23.8 Å². The van der Waals surface area contributed by atoms with Crippen LogP contribution in [0.1, 0.15) is 12.0 Å². The van der Waals surface area contributed by atoms with Crippen LogP contribution in [0.5, 0.6) is 5.75 Å². The predicted octanol–water partition coefficient (Wildman–Crippen LogP) is 1.86. The van der Waals surface area contributed by atoms with Gasteiger partial charge in [-0.25, -0.2) is 4.99 Å². The molecule has 82 valence electrons. The third kappa shape index (κ3) is 1.95. The van der Waals surface area contributed by atoms with Gasteiger partial charge < -0.3 is 9.84 Å². The molecule has 16 heavy (non-hydrogen) atoms. The average Bonchev–Trinajstić information content (AvgIpc) is 2.33. The fraction of sp³-hybridized carbons (Fsp3) is 0.167. The molecule has 0 radical (unpaired) electrons. The molecule has 1 amide bonds. The summed E-state index contributed by atoms with van der Waals surface area (Å²) < 4.78 is 5.09. The minimum Gasteiger partial charge on any atom is -0.503 e. The van der Waals surface area contributed by atoms with Gasteiger partial charge in [0.15, 0.2) is 5.76 Å². The molecule has 0 aromatic heterocycles. The van der Waals surface area contributed by atoms with Crippen molar-refractivity contribution in [3.63, 3.8) is 0 Å². The van der Waals surface area contributed by atoms with Gasteiger partial charge in [0.25, 0.3) is 0 Å². The number of benzene rings is 1. The van der Waals surface area contributed by atoms with E-state index in [9.17, 15) is 4.79 Å². The number of aliphatic hydroxyl groups is 1. The number of carbonyl (C=O) groups excluding carboxylic acids is 1. The summed E-state index contributed by atoms with van der Waals surface area (Å²) >= 11 is 0. The van der Waals surface area contributed by atoms with E-state index in [1.54, 1.807) is 7.11 Å². The van der Waals surface area contributed by atoms with E-state index in [0.717, 1.165) is 5.56 Å². The Labute approximate surface area is 92.9 Å². The number of nitrogens with zero attached hydrogens (tertiary/aromatic N) is 1. The molecule has 0 aliphatic carbocycles. The molecule has 1 heterocycles. The molecule has 0 atom stereocenters. The summed E-state index contributed by atoms with van der Waals surface area (Å²) in [4.78, 5) is 15.0. The van der Waals surface area contributed by atoms with E-state index in [1.807, 2.05) is 24.3 Å². The van der Waals surface area contributed by atoms with Crippen LogP contribution >= 0.6 is 0 Å². The van der Waals surface area contributed by atoms with Gasteiger partial charge in [-0.1, -0.05) is 12.1 Å². The summed E-state index contributed by atoms with van der Waals surface area (Å²) in [6.07, 6.45) is 1.91. The minimum atomic E-state index is -0.593. The number of amides is 1. The highest BCUT2D eigenvalue weighted by Crippen LogP contribution is 2.17. The number of hydrogen-bond acceptors (Lipinski definition) is 3. The van der Waals surface area contributed by atoms with Gasteiger partial charge in [-0.15, -0.1) is 0 Å². The Morgan fingerprint density at radius 1 is 1.44 bits per heavy atom. The minimum absolute atomic E-state index is 0.286. The SMILES string of the molecule is COc1cccc(C2=NC(=O)C(O)=CC2)c1. The van der Waals surface area contributed by atoms with Crippen LogP contribution in [-0.2, 0) is 4.79 Å². The Hall–Kier alpha value is -2.10. The second kappa shape index (κ2) is 4.18. The van der Waals surface area contributed by atoms with Crippen LogP contribution in [0.2, 0.25) is 0 Å². The molecule has 0 fully saturated rings. The number of rotatable bonds is 2. The standard InChI is InChI=1S/C12H11NO3/c1-16-9-4-2-3-8(7-9)10-5-6-11(14)12(15)13-10/h2-4,6-7,14H,5H2,1H3. The van der Waals surface area contributed by atoms with Crippen molar-refractivity contribution in [1.82, 2.24) is 0 Å². The molecule has 1 aliphatic heterocycles. The molecule has 1 N–H and O–H groups in total. The Balaban J connectivity index is 2.32. The molecule has 0 saturated carbocycles. The summed E-state index contributed by atoms with van der Waals surface area (Å²) in [6, 6.07) is 7.31. The Bertz CT molecular complexity index is 489. The van der Waals surface area contributed by atoms with Gasteiger partial charge in [0.05, 0.1) is 12.8 Å². The summed E-state index contributed by atoms with van der Waals surface area (Å²) in [6.45, 7) is 0. The molecule has 4 heteroatoms. The highest BCUT2D eigenvalue weighted by Gasteiger charge is 2.15. The number of methoxy groups -OCH3 is 1. The lowest BCUT2D eigenvalue weighted by molar-refractivity contribution is -0.116. The molecule has 1 aliphatic rings. The highest BCUT2D eigenvalue weighted by molar-refractivity contribution is 6.12. The summed E-state index contributed by atoms with van der Waals surface area (Å²) in [5.41, 5.74) is 1.47. The van der Waals surface area contributed by atoms with Crippen LogP contribution in [0.25, 0.3) is 0 Å². The Morgan fingerprint density at radius 3 is 2.94 bits per heavy atom. The maximum absolute atomic E-state index is 11.2. The fourth-order valence-electron chi connectivity index (χ4n) is 1.49. The normalized spacial score (nSPS) is 15.4. The van der Waals surface area contributed by atoms with Crippen molar-refractivity contribution in [1.29, 1.82) is 0 Å². The molecule has 1 aromatic rings. The molecule has 0 unspecified atom stereocenters. The first-order chi connectivity index (χ1) is 7.70. The van der Waals surface area contributed by atoms with Crippen molar-refractivity contribution in [2.45, 2.75) is 6.42 Å². The first kappa shape index (κ1) is 10.4. The van der Waals surface area contributed by atoms with Crippen molar-refractivity contribution in [2.24, 2.45) is 4.99 Å². The van der Waals surface area contributed by atoms with E-state index >= 15 is 0 Å². The van der Waals surface area contributed by atoms with E-state index in [1.165, 1.54) is 6.08 Å². The van der Waals surface area contributed by atoms with Crippen LogP contribution in [0.3, 0.4) is 0 Å². The van der Waals surface area contributed by atoms with Gasteiger partial charge in [0.2, 0.25) is 0 Å². The summed E-state index contributed by atoms with van der Waals surface area (Å²) in [5.74, 6) is -0.165. The number of hydrogen-bond donors (Lipinski definition) is 1.